The molecule has 1 aliphatic heterocycles. The van der Waals surface area contributed by atoms with Crippen LogP contribution in [0.5, 0.6) is 0 Å². The summed E-state index contributed by atoms with van der Waals surface area (Å²) in [7, 11) is 0. The Labute approximate surface area is 133 Å². The number of nitrogens with zero attached hydrogens (tertiary/aromatic N) is 2. The molecule has 1 aromatic rings. The molecule has 0 saturated heterocycles. The van der Waals surface area contributed by atoms with E-state index < -0.39 is 5.97 Å². The number of carbonyl (C=O) groups is 1. The lowest BCUT2D eigenvalue weighted by molar-refractivity contribution is 0.0522. The molecule has 0 spiro atoms. The van der Waals surface area contributed by atoms with Gasteiger partial charge < -0.3 is 4.74 Å². The summed E-state index contributed by atoms with van der Waals surface area (Å²) in [4.78, 5) is 28.7. The molecule has 0 aromatic carbocycles. The Bertz CT molecular complexity index is 627. The molecule has 114 valence electrons. The maximum absolute atomic E-state index is 12.6. The van der Waals surface area contributed by atoms with E-state index in [1.165, 1.54) is 18.0 Å². The summed E-state index contributed by atoms with van der Waals surface area (Å²) < 4.78 is 7.33. The molecular formula is C14H18N2O3S2. The van der Waals surface area contributed by atoms with E-state index in [1.54, 1.807) is 11.5 Å². The number of thiocarbonyl (C=S) groups is 1. The summed E-state index contributed by atoms with van der Waals surface area (Å²) in [5.41, 5.74) is -0.345. The van der Waals surface area contributed by atoms with E-state index in [1.807, 2.05) is 13.2 Å². The van der Waals surface area contributed by atoms with Crippen LogP contribution in [0.3, 0.4) is 0 Å². The molecule has 2 rings (SSSR count). The second kappa shape index (κ2) is 6.70. The van der Waals surface area contributed by atoms with Gasteiger partial charge in [-0.05, 0) is 32.9 Å². The van der Waals surface area contributed by atoms with Crippen molar-refractivity contribution in [3.8, 4) is 0 Å². The standard InChI is InChI=1S/C14H18N2O3S2/c1-4-19-13(18)10-7-15-11-9(14(20)21-3)6-5-8(2)16(11)12(10)17/h7-9H,4-6H2,1-3H3. The Balaban J connectivity index is 2.53. The van der Waals surface area contributed by atoms with Crippen LogP contribution in [-0.2, 0) is 4.74 Å². The highest BCUT2D eigenvalue weighted by atomic mass is 32.2. The van der Waals surface area contributed by atoms with Gasteiger partial charge in [-0.1, -0.05) is 12.2 Å². The van der Waals surface area contributed by atoms with Gasteiger partial charge in [0.25, 0.3) is 5.56 Å². The summed E-state index contributed by atoms with van der Waals surface area (Å²) in [5, 5.41) is 0. The number of esters is 1. The molecule has 21 heavy (non-hydrogen) atoms. The van der Waals surface area contributed by atoms with Gasteiger partial charge in [-0.3, -0.25) is 9.36 Å². The Morgan fingerprint density at radius 3 is 2.90 bits per heavy atom. The average molecular weight is 326 g/mol. The minimum atomic E-state index is -0.618. The van der Waals surface area contributed by atoms with Crippen LogP contribution in [0.25, 0.3) is 0 Å². The van der Waals surface area contributed by atoms with Crippen LogP contribution in [0.1, 0.15) is 54.8 Å². The van der Waals surface area contributed by atoms with Crippen molar-refractivity contribution in [2.24, 2.45) is 0 Å². The Kier molecular flexibility index (Phi) is 5.16. The third kappa shape index (κ3) is 3.03. The number of aromatic nitrogens is 2. The quantitative estimate of drug-likeness (QED) is 0.628. The van der Waals surface area contributed by atoms with Crippen molar-refractivity contribution in [1.82, 2.24) is 9.55 Å². The first-order chi connectivity index (χ1) is 10.0. The van der Waals surface area contributed by atoms with Crippen LogP contribution in [0.2, 0.25) is 0 Å². The number of hydrogen-bond donors (Lipinski definition) is 0. The molecule has 0 aliphatic carbocycles. The molecule has 0 fully saturated rings. The minimum Gasteiger partial charge on any atom is -0.462 e. The van der Waals surface area contributed by atoms with Crippen molar-refractivity contribution < 1.29 is 9.53 Å². The van der Waals surface area contributed by atoms with E-state index >= 15 is 0 Å². The van der Waals surface area contributed by atoms with Gasteiger partial charge >= 0.3 is 5.97 Å². The van der Waals surface area contributed by atoms with Crippen molar-refractivity contribution >= 4 is 34.1 Å². The zero-order valence-electron chi connectivity index (χ0n) is 12.3. The first kappa shape index (κ1) is 16.2. The highest BCUT2D eigenvalue weighted by Gasteiger charge is 2.31. The maximum atomic E-state index is 12.6. The van der Waals surface area contributed by atoms with Crippen molar-refractivity contribution in [1.29, 1.82) is 0 Å². The van der Waals surface area contributed by atoms with E-state index in [-0.39, 0.29) is 29.7 Å². The molecule has 0 N–H and O–H groups in total. The Morgan fingerprint density at radius 2 is 2.29 bits per heavy atom. The van der Waals surface area contributed by atoms with E-state index in [2.05, 4.69) is 4.98 Å². The smallest absolute Gasteiger partial charge is 0.345 e. The molecule has 1 aliphatic rings. The fraction of sp³-hybridized carbons (Fsp3) is 0.571. The lowest BCUT2D eigenvalue weighted by Crippen LogP contribution is -2.37. The number of fused-ring (bicyclic) bond motifs is 1. The van der Waals surface area contributed by atoms with Gasteiger partial charge in [0.1, 0.15) is 11.4 Å². The van der Waals surface area contributed by atoms with Gasteiger partial charge in [-0.25, -0.2) is 9.78 Å². The van der Waals surface area contributed by atoms with Crippen LogP contribution in [0, 0.1) is 0 Å². The van der Waals surface area contributed by atoms with Crippen LogP contribution in [-0.4, -0.2) is 32.6 Å². The molecule has 7 heteroatoms. The summed E-state index contributed by atoms with van der Waals surface area (Å²) in [5.74, 6) is 0.0216. The monoisotopic (exact) mass is 326 g/mol. The summed E-state index contributed by atoms with van der Waals surface area (Å²) in [6, 6.07) is 0.00952. The van der Waals surface area contributed by atoms with Crippen LogP contribution >= 0.6 is 24.0 Å². The average Bonchev–Trinajstić information content (AvgIpc) is 2.47. The van der Waals surface area contributed by atoms with Crippen LogP contribution in [0.15, 0.2) is 11.0 Å². The highest BCUT2D eigenvalue weighted by Crippen LogP contribution is 2.34. The number of thioether (sulfide) groups is 1. The zero-order valence-corrected chi connectivity index (χ0v) is 13.9. The number of carbonyl (C=O) groups excluding carboxylic acids is 1. The Morgan fingerprint density at radius 1 is 1.57 bits per heavy atom. The van der Waals surface area contributed by atoms with Gasteiger partial charge in [-0.15, -0.1) is 11.8 Å². The largest absolute Gasteiger partial charge is 0.462 e. The molecule has 1 aromatic heterocycles. The second-order valence-electron chi connectivity index (χ2n) is 4.93. The first-order valence-electron chi connectivity index (χ1n) is 6.87. The molecular weight excluding hydrogens is 308 g/mol. The third-order valence-electron chi connectivity index (χ3n) is 3.63. The number of ether oxygens (including phenoxy) is 1. The van der Waals surface area contributed by atoms with Gasteiger partial charge in [0, 0.05) is 12.2 Å². The molecule has 2 heterocycles. The second-order valence-corrected chi connectivity index (χ2v) is 6.47. The zero-order chi connectivity index (χ0) is 15.6. The Hall–Kier alpha value is -1.21. The van der Waals surface area contributed by atoms with Crippen molar-refractivity contribution in [2.45, 2.75) is 38.6 Å². The predicted octanol–water partition coefficient (Wildman–Crippen LogP) is 2.55. The molecule has 2 atom stereocenters. The van der Waals surface area contributed by atoms with Crippen molar-refractivity contribution in [3.63, 3.8) is 0 Å². The molecule has 0 amide bonds. The van der Waals surface area contributed by atoms with Crippen LogP contribution in [0.4, 0.5) is 0 Å². The van der Waals surface area contributed by atoms with E-state index in [9.17, 15) is 9.59 Å². The van der Waals surface area contributed by atoms with E-state index in [0.717, 1.165) is 17.0 Å². The maximum Gasteiger partial charge on any atom is 0.345 e. The summed E-state index contributed by atoms with van der Waals surface area (Å²) in [6.07, 6.45) is 4.97. The molecule has 0 saturated carbocycles. The van der Waals surface area contributed by atoms with Crippen molar-refractivity contribution in [3.05, 3.63) is 27.9 Å². The topological polar surface area (TPSA) is 61.2 Å². The fourth-order valence-electron chi connectivity index (χ4n) is 2.55. The fourth-order valence-corrected chi connectivity index (χ4v) is 3.28. The van der Waals surface area contributed by atoms with E-state index in [4.69, 9.17) is 17.0 Å². The molecule has 0 bridgehead atoms. The lowest BCUT2D eigenvalue weighted by atomic mass is 9.95. The first-order valence-corrected chi connectivity index (χ1v) is 8.50. The molecule has 2 unspecified atom stereocenters. The predicted molar refractivity (Wildman–Crippen MR) is 87.3 cm³/mol. The van der Waals surface area contributed by atoms with Crippen LogP contribution < -0.4 is 5.56 Å². The minimum absolute atomic E-state index is 0.00952. The van der Waals surface area contributed by atoms with E-state index in [0.29, 0.717) is 5.82 Å². The number of hydrogen-bond acceptors (Lipinski definition) is 6. The van der Waals surface area contributed by atoms with Gasteiger partial charge in [0.2, 0.25) is 0 Å². The number of rotatable bonds is 3. The normalized spacial score (nSPS) is 20.7. The lowest BCUT2D eigenvalue weighted by Gasteiger charge is -2.30. The molecule has 5 nitrogen and oxygen atoms in total. The SMILES string of the molecule is CCOC(=O)c1cnc2n(c1=O)C(C)CCC2C(=S)SC. The third-order valence-corrected chi connectivity index (χ3v) is 5.10. The molecule has 0 radical (unpaired) electrons. The van der Waals surface area contributed by atoms with Gasteiger partial charge in [0.05, 0.1) is 16.7 Å². The summed E-state index contributed by atoms with van der Waals surface area (Å²) >= 11 is 6.88. The highest BCUT2D eigenvalue weighted by molar-refractivity contribution is 8.22. The van der Waals surface area contributed by atoms with Crippen molar-refractivity contribution in [2.75, 3.05) is 12.9 Å². The van der Waals surface area contributed by atoms with Gasteiger partial charge in [-0.2, -0.15) is 0 Å². The van der Waals surface area contributed by atoms with Gasteiger partial charge in [0.15, 0.2) is 0 Å². The summed E-state index contributed by atoms with van der Waals surface area (Å²) in [6.45, 7) is 3.89.